The summed E-state index contributed by atoms with van der Waals surface area (Å²) in [6.45, 7) is 5.42. The van der Waals surface area contributed by atoms with E-state index in [1.165, 1.54) is 16.9 Å². The van der Waals surface area contributed by atoms with Crippen LogP contribution in [0.2, 0.25) is 0 Å². The van der Waals surface area contributed by atoms with Gasteiger partial charge in [-0.15, -0.1) is 0 Å². The molecule has 0 saturated heterocycles. The zero-order valence-corrected chi connectivity index (χ0v) is 14.1. The molecule has 0 bridgehead atoms. The van der Waals surface area contributed by atoms with Crippen molar-refractivity contribution in [1.29, 1.82) is 0 Å². The molecule has 0 atom stereocenters. The number of rotatable bonds is 3. The molecule has 1 aromatic heterocycles. The van der Waals surface area contributed by atoms with Crippen molar-refractivity contribution in [3.63, 3.8) is 0 Å². The van der Waals surface area contributed by atoms with Crippen LogP contribution in [0.1, 0.15) is 34.2 Å². The lowest BCUT2D eigenvalue weighted by molar-refractivity contribution is 0.101. The van der Waals surface area contributed by atoms with E-state index < -0.39 is 0 Å². The van der Waals surface area contributed by atoms with E-state index in [9.17, 15) is 4.79 Å². The average molecular weight is 348 g/mol. The van der Waals surface area contributed by atoms with Crippen LogP contribution < -0.4 is 4.90 Å². The van der Waals surface area contributed by atoms with Gasteiger partial charge in [0, 0.05) is 24.8 Å². The molecule has 0 amide bonds. The molecular formula is C16H18BrN3O. The van der Waals surface area contributed by atoms with Gasteiger partial charge in [-0.1, -0.05) is 0 Å². The molecule has 3 rings (SSSR count). The molecule has 0 radical (unpaired) electrons. The van der Waals surface area contributed by atoms with Crippen LogP contribution in [0.3, 0.4) is 0 Å². The smallest absolute Gasteiger partial charge is 0.159 e. The number of anilines is 1. The Morgan fingerprint density at radius 3 is 2.81 bits per heavy atom. The van der Waals surface area contributed by atoms with Crippen molar-refractivity contribution < 1.29 is 4.79 Å². The van der Waals surface area contributed by atoms with Crippen molar-refractivity contribution in [1.82, 2.24) is 9.78 Å². The molecule has 0 saturated carbocycles. The minimum absolute atomic E-state index is 0.126. The van der Waals surface area contributed by atoms with Crippen molar-refractivity contribution in [3.8, 4) is 0 Å². The maximum absolute atomic E-state index is 11.5. The van der Waals surface area contributed by atoms with E-state index in [0.29, 0.717) is 0 Å². The number of benzene rings is 1. The molecule has 0 spiro atoms. The van der Waals surface area contributed by atoms with Gasteiger partial charge in [-0.3, -0.25) is 9.48 Å². The van der Waals surface area contributed by atoms with E-state index >= 15 is 0 Å². The number of carbonyl (C=O) groups is 1. The topological polar surface area (TPSA) is 38.1 Å². The minimum Gasteiger partial charge on any atom is -0.365 e. The predicted molar refractivity (Wildman–Crippen MR) is 86.8 cm³/mol. The van der Waals surface area contributed by atoms with Crippen LogP contribution in [0.4, 0.5) is 5.69 Å². The highest BCUT2D eigenvalue weighted by molar-refractivity contribution is 9.10. The minimum atomic E-state index is 0.126. The fourth-order valence-corrected chi connectivity index (χ4v) is 3.35. The highest BCUT2D eigenvalue weighted by Gasteiger charge is 2.22. The van der Waals surface area contributed by atoms with Crippen molar-refractivity contribution in [3.05, 3.63) is 45.2 Å². The van der Waals surface area contributed by atoms with Crippen LogP contribution in [0.5, 0.6) is 0 Å². The Morgan fingerprint density at radius 1 is 1.43 bits per heavy atom. The fourth-order valence-electron chi connectivity index (χ4n) is 2.89. The third-order valence-corrected chi connectivity index (χ3v) is 5.11. The number of Topliss-reactive ketones (excluding diaryl/α,β-unsaturated/α-hetero) is 1. The van der Waals surface area contributed by atoms with Crippen LogP contribution in [-0.2, 0) is 20.0 Å². The molecule has 0 unspecified atom stereocenters. The second-order valence-electron chi connectivity index (χ2n) is 5.54. The molecule has 4 nitrogen and oxygen atoms in total. The van der Waals surface area contributed by atoms with Crippen LogP contribution in [0, 0.1) is 6.92 Å². The summed E-state index contributed by atoms with van der Waals surface area (Å²) in [5.74, 6) is 0.126. The monoisotopic (exact) mass is 347 g/mol. The molecule has 0 fully saturated rings. The zero-order valence-electron chi connectivity index (χ0n) is 12.5. The quantitative estimate of drug-likeness (QED) is 0.800. The van der Waals surface area contributed by atoms with Gasteiger partial charge in [0.15, 0.2) is 5.78 Å². The second-order valence-corrected chi connectivity index (χ2v) is 6.33. The average Bonchev–Trinajstić information content (AvgIpc) is 2.95. The predicted octanol–water partition coefficient (Wildman–Crippen LogP) is 3.26. The van der Waals surface area contributed by atoms with E-state index in [0.717, 1.165) is 35.2 Å². The van der Waals surface area contributed by atoms with Gasteiger partial charge in [0.2, 0.25) is 0 Å². The molecule has 21 heavy (non-hydrogen) atoms. The maximum atomic E-state index is 11.5. The summed E-state index contributed by atoms with van der Waals surface area (Å²) < 4.78 is 3.01. The van der Waals surface area contributed by atoms with Gasteiger partial charge in [0.05, 0.1) is 22.4 Å². The van der Waals surface area contributed by atoms with E-state index in [1.54, 1.807) is 6.92 Å². The first-order valence-electron chi connectivity index (χ1n) is 7.04. The van der Waals surface area contributed by atoms with Crippen molar-refractivity contribution in [2.75, 3.05) is 11.4 Å². The van der Waals surface area contributed by atoms with Gasteiger partial charge >= 0.3 is 0 Å². The maximum Gasteiger partial charge on any atom is 0.159 e. The number of hydrogen-bond acceptors (Lipinski definition) is 3. The first-order valence-corrected chi connectivity index (χ1v) is 7.83. The van der Waals surface area contributed by atoms with Crippen molar-refractivity contribution >= 4 is 27.4 Å². The summed E-state index contributed by atoms with van der Waals surface area (Å²) in [5, 5.41) is 4.44. The number of ketones is 1. The Hall–Kier alpha value is -1.62. The van der Waals surface area contributed by atoms with E-state index in [-0.39, 0.29) is 5.78 Å². The molecule has 5 heteroatoms. The highest BCUT2D eigenvalue weighted by Crippen LogP contribution is 2.32. The van der Waals surface area contributed by atoms with Crippen LogP contribution in [0.15, 0.2) is 22.7 Å². The molecule has 1 aromatic carbocycles. The Bertz CT molecular complexity index is 721. The standard InChI is InChI=1S/C16H18BrN3O/c1-10-16(17)15(19(3)18-10)9-20-7-6-13-8-12(11(2)21)4-5-14(13)20/h4-5,8H,6-7,9H2,1-3H3. The lowest BCUT2D eigenvalue weighted by atomic mass is 10.1. The third kappa shape index (κ3) is 2.50. The Labute approximate surface area is 132 Å². The molecular weight excluding hydrogens is 330 g/mol. The van der Waals surface area contributed by atoms with Gasteiger partial charge in [0.25, 0.3) is 0 Å². The summed E-state index contributed by atoms with van der Waals surface area (Å²) in [6.07, 6.45) is 0.991. The van der Waals surface area contributed by atoms with E-state index in [1.807, 2.05) is 30.8 Å². The summed E-state index contributed by atoms with van der Waals surface area (Å²) in [6, 6.07) is 6.01. The van der Waals surface area contributed by atoms with Gasteiger partial charge in [-0.05, 0) is 60.0 Å². The number of nitrogens with zero attached hydrogens (tertiary/aromatic N) is 3. The van der Waals surface area contributed by atoms with Crippen molar-refractivity contribution in [2.45, 2.75) is 26.8 Å². The summed E-state index contributed by atoms with van der Waals surface area (Å²) >= 11 is 3.62. The molecule has 0 aliphatic carbocycles. The summed E-state index contributed by atoms with van der Waals surface area (Å²) in [4.78, 5) is 13.8. The first kappa shape index (κ1) is 14.3. The lowest BCUT2D eigenvalue weighted by Gasteiger charge is -2.20. The summed E-state index contributed by atoms with van der Waals surface area (Å²) in [5.41, 5.74) is 5.48. The van der Waals surface area contributed by atoms with Gasteiger partial charge in [-0.2, -0.15) is 5.10 Å². The van der Waals surface area contributed by atoms with Crippen LogP contribution in [0.25, 0.3) is 0 Å². The largest absolute Gasteiger partial charge is 0.365 e. The lowest BCUT2D eigenvalue weighted by Crippen LogP contribution is -2.21. The van der Waals surface area contributed by atoms with Gasteiger partial charge in [0.1, 0.15) is 0 Å². The van der Waals surface area contributed by atoms with Crippen molar-refractivity contribution in [2.24, 2.45) is 7.05 Å². The zero-order chi connectivity index (χ0) is 15.1. The second kappa shape index (κ2) is 5.30. The normalized spacial score (nSPS) is 13.6. The number of halogens is 1. The van der Waals surface area contributed by atoms with Gasteiger partial charge < -0.3 is 4.90 Å². The molecule has 1 aliphatic rings. The van der Waals surface area contributed by atoms with E-state index in [4.69, 9.17) is 0 Å². The molecule has 0 N–H and O–H groups in total. The first-order chi connectivity index (χ1) is 9.97. The highest BCUT2D eigenvalue weighted by atomic mass is 79.9. The number of aromatic nitrogens is 2. The summed E-state index contributed by atoms with van der Waals surface area (Å²) in [7, 11) is 1.98. The Kier molecular flexibility index (Phi) is 3.61. The van der Waals surface area contributed by atoms with E-state index in [2.05, 4.69) is 32.0 Å². The van der Waals surface area contributed by atoms with Gasteiger partial charge in [-0.25, -0.2) is 0 Å². The van der Waals surface area contributed by atoms with Crippen LogP contribution >= 0.6 is 15.9 Å². The SMILES string of the molecule is CC(=O)c1ccc2c(c1)CCN2Cc1c(Br)c(C)nn1C. The molecule has 1 aliphatic heterocycles. The Morgan fingerprint density at radius 2 is 2.19 bits per heavy atom. The molecule has 2 heterocycles. The fraction of sp³-hybridized carbons (Fsp3) is 0.375. The number of fused-ring (bicyclic) bond motifs is 1. The third-order valence-electron chi connectivity index (χ3n) is 4.08. The number of hydrogen-bond donors (Lipinski definition) is 0. The number of carbonyl (C=O) groups excluding carboxylic acids is 1. The number of aryl methyl sites for hydroxylation is 2. The molecule has 2 aromatic rings. The Balaban J connectivity index is 1.89. The molecule has 110 valence electrons. The van der Waals surface area contributed by atoms with Crippen LogP contribution in [-0.4, -0.2) is 22.1 Å².